The first-order valence-corrected chi connectivity index (χ1v) is 14.9. The minimum atomic E-state index is -3.84. The van der Waals surface area contributed by atoms with E-state index in [0.717, 1.165) is 8.95 Å². The Balaban J connectivity index is 3.21. The summed E-state index contributed by atoms with van der Waals surface area (Å²) in [6.07, 6.45) is 0. The highest BCUT2D eigenvalue weighted by Gasteiger charge is 2.50. The van der Waals surface area contributed by atoms with Gasteiger partial charge in [-0.25, -0.2) is 0 Å². The molecule has 168 valence electrons. The molecule has 0 aromatic heterocycles. The van der Waals surface area contributed by atoms with Crippen LogP contribution in [0.3, 0.4) is 0 Å². The summed E-state index contributed by atoms with van der Waals surface area (Å²) >= 11 is 46.1. The van der Waals surface area contributed by atoms with Crippen LogP contribution in [-0.2, 0) is 13.3 Å². The van der Waals surface area contributed by atoms with Gasteiger partial charge < -0.3 is 17.7 Å². The third kappa shape index (κ3) is 10.4. The maximum Gasteiger partial charge on any atom is 0.749 e. The second kappa shape index (κ2) is 15.2. The number of hydrogen-bond acceptors (Lipinski definition) is 4. The molecule has 0 heterocycles. The Morgan fingerprint density at radius 2 is 1.14 bits per heavy atom. The van der Waals surface area contributed by atoms with Gasteiger partial charge in [-0.15, -0.1) is 69.6 Å². The lowest BCUT2D eigenvalue weighted by atomic mass is 10.3. The highest BCUT2D eigenvalue weighted by Crippen LogP contribution is 2.39. The van der Waals surface area contributed by atoms with Crippen LogP contribution in [0.2, 0.25) is 0 Å². The molecule has 0 aliphatic rings. The molecule has 3 atom stereocenters. The quantitative estimate of drug-likeness (QED) is 0.113. The van der Waals surface area contributed by atoms with E-state index < -0.39 is 25.2 Å². The first-order chi connectivity index (χ1) is 13.7. The van der Waals surface area contributed by atoms with Gasteiger partial charge in [0.05, 0.1) is 40.4 Å². The number of hydrogen-bond donors (Lipinski definition) is 0. The standard InChI is InChI=1S/C15H17Br3Cl6O4Si/c16-12-1-2-13(15(18)14(12)17)28-29(25-6-9(22)3-19,26-7-10(23)4-20)27-8-11(24)5-21/h1-2,9-11H,3-8H2. The summed E-state index contributed by atoms with van der Waals surface area (Å²) in [5, 5.41) is -1.46. The van der Waals surface area contributed by atoms with Crippen LogP contribution in [-0.4, -0.2) is 62.6 Å². The van der Waals surface area contributed by atoms with Crippen LogP contribution in [0.25, 0.3) is 0 Å². The van der Waals surface area contributed by atoms with Crippen molar-refractivity contribution in [1.29, 1.82) is 0 Å². The molecule has 0 aliphatic heterocycles. The van der Waals surface area contributed by atoms with Crippen LogP contribution in [0.1, 0.15) is 0 Å². The van der Waals surface area contributed by atoms with Gasteiger partial charge in [0.15, 0.2) is 0 Å². The Hall–Kier alpha value is 2.30. The van der Waals surface area contributed by atoms with Crippen LogP contribution in [0.4, 0.5) is 0 Å². The zero-order valence-corrected chi connectivity index (χ0v) is 25.0. The third-order valence-electron chi connectivity index (χ3n) is 3.06. The van der Waals surface area contributed by atoms with E-state index in [0.29, 0.717) is 10.2 Å². The molecule has 1 rings (SSSR count). The molecular weight excluding hydrogens is 725 g/mol. The molecule has 1 aromatic rings. The lowest BCUT2D eigenvalue weighted by molar-refractivity contribution is 0.00200. The lowest BCUT2D eigenvalue weighted by Gasteiger charge is -2.30. The summed E-state index contributed by atoms with van der Waals surface area (Å²) < 4.78 is 26.0. The van der Waals surface area contributed by atoms with E-state index in [4.69, 9.17) is 87.3 Å². The molecule has 0 spiro atoms. The molecule has 0 saturated heterocycles. The van der Waals surface area contributed by atoms with Crippen molar-refractivity contribution in [3.8, 4) is 5.75 Å². The van der Waals surface area contributed by atoms with E-state index in [2.05, 4.69) is 47.8 Å². The van der Waals surface area contributed by atoms with Crippen molar-refractivity contribution in [2.75, 3.05) is 37.5 Å². The molecule has 0 fully saturated rings. The summed E-state index contributed by atoms with van der Waals surface area (Å²) in [5.74, 6) is 0.912. The molecule has 0 radical (unpaired) electrons. The second-order valence-corrected chi connectivity index (χ2v) is 12.8. The maximum absolute atomic E-state index is 6.12. The second-order valence-electron chi connectivity index (χ2n) is 5.46. The Labute approximate surface area is 226 Å². The molecule has 0 amide bonds. The van der Waals surface area contributed by atoms with Gasteiger partial charge in [-0.2, -0.15) is 0 Å². The average Bonchev–Trinajstić information content (AvgIpc) is 2.73. The molecule has 29 heavy (non-hydrogen) atoms. The summed E-state index contributed by atoms with van der Waals surface area (Å²) in [7, 11) is -3.84. The van der Waals surface area contributed by atoms with Crippen molar-refractivity contribution in [2.45, 2.75) is 16.1 Å². The fourth-order valence-corrected chi connectivity index (χ4v) is 6.00. The van der Waals surface area contributed by atoms with E-state index in [1.165, 1.54) is 0 Å². The van der Waals surface area contributed by atoms with E-state index >= 15 is 0 Å². The number of benzene rings is 1. The molecule has 0 bridgehead atoms. The molecule has 4 nitrogen and oxygen atoms in total. The van der Waals surface area contributed by atoms with Crippen LogP contribution >= 0.6 is 117 Å². The Morgan fingerprint density at radius 3 is 1.52 bits per heavy atom. The van der Waals surface area contributed by atoms with E-state index in [1.54, 1.807) is 12.1 Å². The summed E-state index contributed by atoms with van der Waals surface area (Å²) in [5.41, 5.74) is 0. The molecule has 14 heteroatoms. The van der Waals surface area contributed by atoms with Gasteiger partial charge >= 0.3 is 9.05 Å². The highest BCUT2D eigenvalue weighted by atomic mass is 79.9. The SMILES string of the molecule is ClCC(Cl)CO[Si](OCC(Cl)CCl)(OCC(Cl)CCl)Oc1ccc(Br)c(Br)c1Br. The maximum atomic E-state index is 6.12. The van der Waals surface area contributed by atoms with E-state index in [1.807, 2.05) is 0 Å². The predicted molar refractivity (Wildman–Crippen MR) is 135 cm³/mol. The fraction of sp³-hybridized carbons (Fsp3) is 0.600. The summed E-state index contributed by atoms with van der Waals surface area (Å²) in [6, 6.07) is 3.51. The van der Waals surface area contributed by atoms with Gasteiger partial charge in [-0.1, -0.05) is 0 Å². The Bertz CT molecular complexity index is 600. The smallest absolute Gasteiger partial charge is 0.479 e. The average molecular weight is 742 g/mol. The van der Waals surface area contributed by atoms with Crippen LogP contribution in [0.15, 0.2) is 25.6 Å². The molecule has 1 aromatic carbocycles. The minimum Gasteiger partial charge on any atom is -0.479 e. The van der Waals surface area contributed by atoms with Gasteiger partial charge in [0.25, 0.3) is 0 Å². The van der Waals surface area contributed by atoms with Gasteiger partial charge in [-0.3, -0.25) is 0 Å². The number of alkyl halides is 6. The van der Waals surface area contributed by atoms with E-state index in [9.17, 15) is 0 Å². The molecule has 3 unspecified atom stereocenters. The van der Waals surface area contributed by atoms with E-state index in [-0.39, 0.29) is 37.5 Å². The van der Waals surface area contributed by atoms with Crippen LogP contribution in [0, 0.1) is 0 Å². The predicted octanol–water partition coefficient (Wildman–Crippen LogP) is 7.38. The Morgan fingerprint density at radius 1 is 0.724 bits per heavy atom. The number of halogens is 9. The lowest BCUT2D eigenvalue weighted by Crippen LogP contribution is -2.55. The number of rotatable bonds is 14. The molecule has 0 N–H and O–H groups in total. The fourth-order valence-electron chi connectivity index (χ4n) is 1.65. The zero-order valence-electron chi connectivity index (χ0n) is 14.7. The summed E-state index contributed by atoms with van der Waals surface area (Å²) in [6.45, 7) is 0.0662. The first-order valence-electron chi connectivity index (χ1n) is 8.02. The summed E-state index contributed by atoms with van der Waals surface area (Å²) in [4.78, 5) is 0. The van der Waals surface area contributed by atoms with Gasteiger partial charge in [0.2, 0.25) is 0 Å². The third-order valence-corrected chi connectivity index (χ3v) is 10.9. The van der Waals surface area contributed by atoms with Crippen molar-refractivity contribution in [2.24, 2.45) is 0 Å². The molecule has 0 aliphatic carbocycles. The van der Waals surface area contributed by atoms with Gasteiger partial charge in [-0.05, 0) is 59.9 Å². The van der Waals surface area contributed by atoms with Gasteiger partial charge in [0.1, 0.15) is 5.75 Å². The van der Waals surface area contributed by atoms with Crippen molar-refractivity contribution in [3.05, 3.63) is 25.6 Å². The first kappa shape index (κ1) is 29.3. The van der Waals surface area contributed by atoms with Crippen molar-refractivity contribution < 1.29 is 17.7 Å². The van der Waals surface area contributed by atoms with Crippen molar-refractivity contribution in [1.82, 2.24) is 0 Å². The normalized spacial score (nSPS) is 16.9. The van der Waals surface area contributed by atoms with Crippen LogP contribution < -0.4 is 4.43 Å². The largest absolute Gasteiger partial charge is 0.749 e. The monoisotopic (exact) mass is 736 g/mol. The Kier molecular flexibility index (Phi) is 15.4. The molecule has 0 saturated carbocycles. The van der Waals surface area contributed by atoms with Crippen molar-refractivity contribution >= 4 is 126 Å². The topological polar surface area (TPSA) is 36.9 Å². The van der Waals surface area contributed by atoms with Gasteiger partial charge in [0, 0.05) is 26.6 Å². The highest BCUT2D eigenvalue weighted by molar-refractivity contribution is 9.14. The zero-order chi connectivity index (χ0) is 22.0. The van der Waals surface area contributed by atoms with Crippen LogP contribution in [0.5, 0.6) is 5.75 Å². The minimum absolute atomic E-state index is 0.0221. The molecular formula is C15H17Br3Cl6O4Si. The van der Waals surface area contributed by atoms with Crippen molar-refractivity contribution in [3.63, 3.8) is 0 Å².